The topological polar surface area (TPSA) is 90.1 Å². The Labute approximate surface area is 234 Å². The van der Waals surface area contributed by atoms with Crippen molar-refractivity contribution in [2.45, 2.75) is 41.5 Å². The van der Waals surface area contributed by atoms with Crippen LogP contribution < -0.4 is 10.0 Å². The van der Waals surface area contributed by atoms with E-state index in [-0.39, 0.29) is 11.8 Å². The van der Waals surface area contributed by atoms with Crippen molar-refractivity contribution in [2.24, 2.45) is 32.0 Å². The Morgan fingerprint density at radius 3 is 1.30 bits per heavy atom. The third-order valence-corrected chi connectivity index (χ3v) is 7.43. The van der Waals surface area contributed by atoms with Crippen molar-refractivity contribution in [1.29, 1.82) is 0 Å². The number of nitrogens with zero attached hydrogens (tertiary/aromatic N) is 6. The molecule has 0 saturated heterocycles. The Morgan fingerprint density at radius 1 is 0.575 bits per heavy atom. The molecule has 0 spiro atoms. The molecule has 0 radical (unpaired) electrons. The number of hydrogen-bond acceptors (Lipinski definition) is 6. The van der Waals surface area contributed by atoms with Gasteiger partial charge in [-0.15, -0.1) is 0 Å². The molecule has 8 heteroatoms. The molecule has 8 nitrogen and oxygen atoms in total. The van der Waals surface area contributed by atoms with E-state index in [4.69, 9.17) is 0 Å². The van der Waals surface area contributed by atoms with Crippen LogP contribution in [0.25, 0.3) is 0 Å². The number of hydrogen-bond donors (Lipinski definition) is 0. The maximum absolute atomic E-state index is 13.1. The van der Waals surface area contributed by atoms with Crippen molar-refractivity contribution < 1.29 is 9.59 Å². The fourth-order valence-electron chi connectivity index (χ4n) is 4.53. The SMILES string of the molecule is CC1=NN(c2ccc(C)c(C)c2)C(=O)C1C=Nc1ccc(N=CC2C(=O)N(c3ccc(C)c(C)c3)N=C2C)cc1. The summed E-state index contributed by atoms with van der Waals surface area (Å²) in [7, 11) is 0. The lowest BCUT2D eigenvalue weighted by atomic mass is 10.1. The van der Waals surface area contributed by atoms with Gasteiger partial charge in [0.1, 0.15) is 11.8 Å². The first kappa shape index (κ1) is 26.9. The minimum absolute atomic E-state index is 0.126. The van der Waals surface area contributed by atoms with Crippen LogP contribution in [0.5, 0.6) is 0 Å². The summed E-state index contributed by atoms with van der Waals surface area (Å²) in [5, 5.41) is 11.9. The van der Waals surface area contributed by atoms with E-state index in [1.807, 2.05) is 102 Å². The van der Waals surface area contributed by atoms with Crippen molar-refractivity contribution in [1.82, 2.24) is 0 Å². The molecule has 2 heterocycles. The minimum Gasteiger partial charge on any atom is -0.271 e. The highest BCUT2D eigenvalue weighted by atomic mass is 16.2. The third-order valence-electron chi connectivity index (χ3n) is 7.43. The first-order chi connectivity index (χ1) is 19.1. The first-order valence-corrected chi connectivity index (χ1v) is 13.2. The number of carbonyl (C=O) groups excluding carboxylic acids is 2. The van der Waals surface area contributed by atoms with E-state index in [0.29, 0.717) is 22.8 Å². The fourth-order valence-corrected chi connectivity index (χ4v) is 4.53. The number of benzene rings is 3. The molecule has 3 aromatic rings. The highest BCUT2D eigenvalue weighted by molar-refractivity contribution is 6.24. The van der Waals surface area contributed by atoms with Gasteiger partial charge in [0.2, 0.25) is 0 Å². The average molecular weight is 533 g/mol. The molecule has 0 saturated carbocycles. The van der Waals surface area contributed by atoms with Gasteiger partial charge in [-0.05, 0) is 112 Å². The summed E-state index contributed by atoms with van der Waals surface area (Å²) in [6.45, 7) is 11.8. The molecular weight excluding hydrogens is 500 g/mol. The predicted molar refractivity (Wildman–Crippen MR) is 163 cm³/mol. The van der Waals surface area contributed by atoms with E-state index in [1.54, 1.807) is 12.4 Å². The van der Waals surface area contributed by atoms with Gasteiger partial charge in [0.25, 0.3) is 11.8 Å². The number of aliphatic imine (C=N–C) groups is 2. The standard InChI is InChI=1S/C32H32N6O2/c1-19-7-13-27(15-21(19)3)37-31(39)29(23(5)35-37)17-33-25-9-11-26(12-10-25)34-18-30-24(6)36-38(32(30)40)28-14-8-20(2)22(4)16-28/h7-18,29-30H,1-6H3. The second kappa shape index (κ2) is 10.8. The van der Waals surface area contributed by atoms with E-state index in [2.05, 4.69) is 20.2 Å². The second-order valence-electron chi connectivity index (χ2n) is 10.3. The van der Waals surface area contributed by atoms with Gasteiger partial charge in [0.05, 0.1) is 34.2 Å². The van der Waals surface area contributed by atoms with Crippen molar-refractivity contribution in [2.75, 3.05) is 10.0 Å². The van der Waals surface area contributed by atoms with E-state index in [0.717, 1.165) is 22.5 Å². The summed E-state index contributed by atoms with van der Waals surface area (Å²) < 4.78 is 0. The quantitative estimate of drug-likeness (QED) is 0.344. The largest absolute Gasteiger partial charge is 0.271 e. The third kappa shape index (κ3) is 5.25. The maximum atomic E-state index is 13.1. The van der Waals surface area contributed by atoms with Crippen LogP contribution in [0, 0.1) is 39.5 Å². The van der Waals surface area contributed by atoms with Crippen molar-refractivity contribution >= 4 is 58.4 Å². The minimum atomic E-state index is -0.518. The zero-order chi connectivity index (χ0) is 28.6. The normalized spacial score (nSPS) is 19.4. The number of anilines is 2. The lowest BCUT2D eigenvalue weighted by Gasteiger charge is -2.14. The Balaban J connectivity index is 1.23. The van der Waals surface area contributed by atoms with E-state index < -0.39 is 11.8 Å². The highest BCUT2D eigenvalue weighted by Crippen LogP contribution is 2.28. The summed E-state index contributed by atoms with van der Waals surface area (Å²) in [6, 6.07) is 19.0. The molecule has 0 fully saturated rings. The Kier molecular flexibility index (Phi) is 7.26. The lowest BCUT2D eigenvalue weighted by Crippen LogP contribution is -2.28. The molecule has 0 N–H and O–H groups in total. The molecule has 202 valence electrons. The summed E-state index contributed by atoms with van der Waals surface area (Å²) in [4.78, 5) is 35.2. The van der Waals surface area contributed by atoms with Crippen LogP contribution in [0.4, 0.5) is 22.7 Å². The van der Waals surface area contributed by atoms with E-state index in [1.165, 1.54) is 21.1 Å². The van der Waals surface area contributed by atoms with Crippen LogP contribution >= 0.6 is 0 Å². The van der Waals surface area contributed by atoms with Gasteiger partial charge in [-0.25, -0.2) is 0 Å². The molecule has 0 aliphatic carbocycles. The number of rotatable bonds is 6. The number of amides is 2. The summed E-state index contributed by atoms with van der Waals surface area (Å²) >= 11 is 0. The van der Waals surface area contributed by atoms with Crippen molar-refractivity contribution in [3.8, 4) is 0 Å². The molecule has 2 unspecified atom stereocenters. The van der Waals surface area contributed by atoms with Gasteiger partial charge in [0, 0.05) is 12.4 Å². The van der Waals surface area contributed by atoms with Crippen molar-refractivity contribution in [3.63, 3.8) is 0 Å². The van der Waals surface area contributed by atoms with Gasteiger partial charge in [-0.2, -0.15) is 20.2 Å². The van der Waals surface area contributed by atoms with Gasteiger partial charge < -0.3 is 0 Å². The zero-order valence-corrected chi connectivity index (χ0v) is 23.6. The molecule has 40 heavy (non-hydrogen) atoms. The number of hydrazone groups is 2. The summed E-state index contributed by atoms with van der Waals surface area (Å²) in [5.74, 6) is -1.29. The van der Waals surface area contributed by atoms with Crippen molar-refractivity contribution in [3.05, 3.63) is 82.9 Å². The fraction of sp³-hybridized carbons (Fsp3) is 0.250. The van der Waals surface area contributed by atoms with Crippen LogP contribution in [0.1, 0.15) is 36.1 Å². The zero-order valence-electron chi connectivity index (χ0n) is 23.6. The highest BCUT2D eigenvalue weighted by Gasteiger charge is 2.34. The predicted octanol–water partition coefficient (Wildman–Crippen LogP) is 6.40. The van der Waals surface area contributed by atoms with Crippen LogP contribution in [-0.4, -0.2) is 35.7 Å². The molecule has 0 aromatic heterocycles. The summed E-state index contributed by atoms with van der Waals surface area (Å²) in [6.07, 6.45) is 3.28. The Morgan fingerprint density at radius 2 is 0.950 bits per heavy atom. The Hall–Kier alpha value is -4.72. The van der Waals surface area contributed by atoms with Crippen LogP contribution in [0.3, 0.4) is 0 Å². The van der Waals surface area contributed by atoms with Gasteiger partial charge >= 0.3 is 0 Å². The molecule has 2 aliphatic heterocycles. The molecule has 0 bridgehead atoms. The molecule has 2 aliphatic rings. The average Bonchev–Trinajstić information content (AvgIpc) is 3.38. The Bertz CT molecular complexity index is 1500. The van der Waals surface area contributed by atoms with Gasteiger partial charge in [0.15, 0.2) is 0 Å². The second-order valence-corrected chi connectivity index (χ2v) is 10.3. The molecule has 2 amide bonds. The molecule has 5 rings (SSSR count). The summed E-state index contributed by atoms with van der Waals surface area (Å²) in [5.41, 5.74) is 8.83. The maximum Gasteiger partial charge on any atom is 0.261 e. The molecule has 2 atom stereocenters. The van der Waals surface area contributed by atoms with Crippen LogP contribution in [0.2, 0.25) is 0 Å². The number of carbonyl (C=O) groups is 2. The lowest BCUT2D eigenvalue weighted by molar-refractivity contribution is -0.119. The van der Waals surface area contributed by atoms with Gasteiger partial charge in [-0.3, -0.25) is 19.6 Å². The molecular formula is C32H32N6O2. The van der Waals surface area contributed by atoms with Gasteiger partial charge in [-0.1, -0.05) is 12.1 Å². The van der Waals surface area contributed by atoms with E-state index in [9.17, 15) is 9.59 Å². The first-order valence-electron chi connectivity index (χ1n) is 13.2. The van der Waals surface area contributed by atoms with Crippen LogP contribution in [0.15, 0.2) is 80.9 Å². The van der Waals surface area contributed by atoms with E-state index >= 15 is 0 Å². The number of aryl methyl sites for hydroxylation is 4. The van der Waals surface area contributed by atoms with Crippen LogP contribution in [-0.2, 0) is 9.59 Å². The smallest absolute Gasteiger partial charge is 0.261 e. The monoisotopic (exact) mass is 532 g/mol. The molecule has 3 aromatic carbocycles.